The molecule has 4 rings (SSSR count). The number of halogens is 1. The predicted octanol–water partition coefficient (Wildman–Crippen LogP) is 2.91. The molecule has 0 nitrogen and oxygen atoms in total. The van der Waals surface area contributed by atoms with Crippen LogP contribution in [0.5, 0.6) is 0 Å². The standard InChI is InChI=1S/C10H15Cl/c1-9(5-11)6-3-7-8(4-6)10(7,9)2/h6-8H,3-5H2,1-2H3/t6?,7-,8?,9+,10?/m0/s1. The third-order valence-corrected chi connectivity index (χ3v) is 5.96. The van der Waals surface area contributed by atoms with E-state index in [2.05, 4.69) is 13.8 Å². The van der Waals surface area contributed by atoms with Gasteiger partial charge in [-0.05, 0) is 41.4 Å². The third-order valence-electron chi connectivity index (χ3n) is 5.40. The van der Waals surface area contributed by atoms with Crippen molar-refractivity contribution >= 4 is 11.6 Å². The zero-order chi connectivity index (χ0) is 7.85. The highest BCUT2D eigenvalue weighted by Gasteiger charge is 2.80. The van der Waals surface area contributed by atoms with Crippen LogP contribution in [0.4, 0.5) is 0 Å². The Kier molecular flexibility index (Phi) is 0.926. The predicted molar refractivity (Wildman–Crippen MR) is 46.6 cm³/mol. The van der Waals surface area contributed by atoms with E-state index in [1.54, 1.807) is 0 Å². The normalized spacial score (nSPS) is 70.6. The van der Waals surface area contributed by atoms with E-state index in [1.807, 2.05) is 0 Å². The Morgan fingerprint density at radius 1 is 1.27 bits per heavy atom. The molecule has 0 aliphatic heterocycles. The van der Waals surface area contributed by atoms with Crippen molar-refractivity contribution in [1.82, 2.24) is 0 Å². The van der Waals surface area contributed by atoms with Crippen molar-refractivity contribution in [3.05, 3.63) is 0 Å². The summed E-state index contributed by atoms with van der Waals surface area (Å²) < 4.78 is 0. The Balaban J connectivity index is 2.10. The van der Waals surface area contributed by atoms with Gasteiger partial charge in [0.2, 0.25) is 0 Å². The second kappa shape index (κ2) is 1.51. The summed E-state index contributed by atoms with van der Waals surface area (Å²) >= 11 is 6.08. The molecule has 0 aromatic carbocycles. The molecule has 4 aliphatic rings. The van der Waals surface area contributed by atoms with E-state index in [9.17, 15) is 0 Å². The van der Waals surface area contributed by atoms with Crippen molar-refractivity contribution in [2.75, 3.05) is 5.88 Å². The van der Waals surface area contributed by atoms with Crippen LogP contribution in [0.3, 0.4) is 0 Å². The van der Waals surface area contributed by atoms with Crippen molar-refractivity contribution in [2.45, 2.75) is 26.7 Å². The van der Waals surface area contributed by atoms with Crippen LogP contribution in [-0.2, 0) is 0 Å². The first kappa shape index (κ1) is 6.77. The van der Waals surface area contributed by atoms with Gasteiger partial charge in [-0.2, -0.15) is 0 Å². The lowest BCUT2D eigenvalue weighted by Gasteiger charge is -2.31. The van der Waals surface area contributed by atoms with Crippen LogP contribution in [0.1, 0.15) is 26.7 Å². The number of hydrogen-bond donors (Lipinski definition) is 0. The van der Waals surface area contributed by atoms with Crippen LogP contribution in [0, 0.1) is 28.6 Å². The Labute approximate surface area is 73.3 Å². The molecule has 1 heteroatoms. The molecular weight excluding hydrogens is 156 g/mol. The largest absolute Gasteiger partial charge is 0.126 e. The van der Waals surface area contributed by atoms with Gasteiger partial charge in [-0.15, -0.1) is 11.6 Å². The maximum atomic E-state index is 6.08. The summed E-state index contributed by atoms with van der Waals surface area (Å²) in [7, 11) is 0. The first-order chi connectivity index (χ1) is 5.14. The molecule has 0 saturated heterocycles. The van der Waals surface area contributed by atoms with Gasteiger partial charge in [-0.3, -0.25) is 0 Å². The minimum absolute atomic E-state index is 0.504. The van der Waals surface area contributed by atoms with Crippen LogP contribution in [0.15, 0.2) is 0 Å². The monoisotopic (exact) mass is 170 g/mol. The average molecular weight is 171 g/mol. The van der Waals surface area contributed by atoms with Gasteiger partial charge < -0.3 is 0 Å². The zero-order valence-corrected chi connectivity index (χ0v) is 7.99. The van der Waals surface area contributed by atoms with E-state index in [0.29, 0.717) is 10.8 Å². The zero-order valence-electron chi connectivity index (χ0n) is 7.23. The molecule has 0 radical (unpaired) electrons. The summed E-state index contributed by atoms with van der Waals surface area (Å²) in [5.41, 5.74) is 1.17. The van der Waals surface area contributed by atoms with Crippen molar-refractivity contribution in [3.63, 3.8) is 0 Å². The second-order valence-corrected chi connectivity index (χ2v) is 5.48. The van der Waals surface area contributed by atoms with Crippen LogP contribution in [-0.4, -0.2) is 5.88 Å². The summed E-state index contributed by atoms with van der Waals surface area (Å²) in [4.78, 5) is 0. The third kappa shape index (κ3) is 0.436. The van der Waals surface area contributed by atoms with E-state index in [0.717, 1.165) is 23.6 Å². The van der Waals surface area contributed by atoms with Crippen molar-refractivity contribution in [1.29, 1.82) is 0 Å². The minimum Gasteiger partial charge on any atom is -0.126 e. The first-order valence-electron chi connectivity index (χ1n) is 4.70. The van der Waals surface area contributed by atoms with E-state index in [1.165, 1.54) is 12.8 Å². The van der Waals surface area contributed by atoms with Crippen LogP contribution in [0.25, 0.3) is 0 Å². The van der Waals surface area contributed by atoms with Crippen molar-refractivity contribution in [3.8, 4) is 0 Å². The molecular formula is C10H15Cl. The molecule has 3 unspecified atom stereocenters. The summed E-state index contributed by atoms with van der Waals surface area (Å²) in [5, 5.41) is 0. The first-order valence-corrected chi connectivity index (χ1v) is 5.24. The van der Waals surface area contributed by atoms with E-state index < -0.39 is 0 Å². The van der Waals surface area contributed by atoms with Gasteiger partial charge in [0, 0.05) is 5.88 Å². The van der Waals surface area contributed by atoms with Gasteiger partial charge in [-0.25, -0.2) is 0 Å². The lowest BCUT2D eigenvalue weighted by atomic mass is 9.76. The highest BCUT2D eigenvalue weighted by molar-refractivity contribution is 6.18. The van der Waals surface area contributed by atoms with E-state index in [-0.39, 0.29) is 0 Å². The SMILES string of the molecule is CC12C3CC(C[C@@H]31)[C@@]2(C)CCl. The van der Waals surface area contributed by atoms with E-state index in [4.69, 9.17) is 11.6 Å². The van der Waals surface area contributed by atoms with Crippen LogP contribution < -0.4 is 0 Å². The molecule has 0 N–H and O–H groups in total. The molecule has 5 atom stereocenters. The van der Waals surface area contributed by atoms with Gasteiger partial charge in [0.1, 0.15) is 0 Å². The molecule has 4 aliphatic carbocycles. The fourth-order valence-corrected chi connectivity index (χ4v) is 4.79. The molecule has 62 valence electrons. The van der Waals surface area contributed by atoms with E-state index >= 15 is 0 Å². The molecule has 0 aromatic heterocycles. The topological polar surface area (TPSA) is 0 Å². The molecule has 0 amide bonds. The molecule has 4 bridgehead atoms. The maximum absolute atomic E-state index is 6.08. The van der Waals surface area contributed by atoms with Crippen LogP contribution >= 0.6 is 11.6 Å². The van der Waals surface area contributed by atoms with Gasteiger partial charge in [0.05, 0.1) is 0 Å². The molecule has 0 heterocycles. The quantitative estimate of drug-likeness (QED) is 0.531. The summed E-state index contributed by atoms with van der Waals surface area (Å²) in [6, 6.07) is 0. The Morgan fingerprint density at radius 3 is 2.00 bits per heavy atom. The summed E-state index contributed by atoms with van der Waals surface area (Å²) in [6.07, 6.45) is 2.98. The Bertz CT molecular complexity index is 211. The average Bonchev–Trinajstić information content (AvgIpc) is 2.42. The molecule has 0 aromatic rings. The fraction of sp³-hybridized carbons (Fsp3) is 1.00. The molecule has 11 heavy (non-hydrogen) atoms. The molecule has 0 spiro atoms. The van der Waals surface area contributed by atoms with Crippen molar-refractivity contribution in [2.24, 2.45) is 28.6 Å². The lowest BCUT2D eigenvalue weighted by molar-refractivity contribution is 0.205. The maximum Gasteiger partial charge on any atom is 0.0285 e. The Morgan fingerprint density at radius 2 is 1.82 bits per heavy atom. The lowest BCUT2D eigenvalue weighted by Crippen LogP contribution is -2.28. The van der Waals surface area contributed by atoms with Gasteiger partial charge in [-0.1, -0.05) is 13.8 Å². The van der Waals surface area contributed by atoms with Gasteiger partial charge in [0.15, 0.2) is 0 Å². The van der Waals surface area contributed by atoms with Crippen LogP contribution in [0.2, 0.25) is 0 Å². The fourth-order valence-electron chi connectivity index (χ4n) is 4.29. The molecule has 4 fully saturated rings. The minimum atomic E-state index is 0.504. The number of hydrogen-bond acceptors (Lipinski definition) is 0. The summed E-state index contributed by atoms with van der Waals surface area (Å²) in [5.74, 6) is 3.99. The van der Waals surface area contributed by atoms with Gasteiger partial charge >= 0.3 is 0 Å². The van der Waals surface area contributed by atoms with Gasteiger partial charge in [0.25, 0.3) is 0 Å². The summed E-state index contributed by atoms with van der Waals surface area (Å²) in [6.45, 7) is 4.88. The Hall–Kier alpha value is 0.290. The number of rotatable bonds is 1. The smallest absolute Gasteiger partial charge is 0.0285 e. The highest BCUT2D eigenvalue weighted by Crippen LogP contribution is 2.86. The highest BCUT2D eigenvalue weighted by atomic mass is 35.5. The number of alkyl halides is 1. The second-order valence-electron chi connectivity index (χ2n) is 5.22. The van der Waals surface area contributed by atoms with Crippen molar-refractivity contribution < 1.29 is 0 Å². The molecule has 4 saturated carbocycles.